The second-order valence-electron chi connectivity index (χ2n) is 6.59. The lowest BCUT2D eigenvalue weighted by Gasteiger charge is -2.20. The average Bonchev–Trinajstić information content (AvgIpc) is 3.08. The van der Waals surface area contributed by atoms with Crippen LogP contribution in [-0.2, 0) is 21.3 Å². The minimum Gasteiger partial charge on any atom is -0.378 e. The molecule has 0 spiro atoms. The molecule has 1 unspecified atom stereocenters. The summed E-state index contributed by atoms with van der Waals surface area (Å²) < 4.78 is 35.1. The van der Waals surface area contributed by atoms with Gasteiger partial charge in [-0.3, -0.25) is 4.68 Å². The van der Waals surface area contributed by atoms with Crippen molar-refractivity contribution in [3.8, 4) is 0 Å². The number of aryl methyl sites for hydroxylation is 2. The summed E-state index contributed by atoms with van der Waals surface area (Å²) in [6.45, 7) is 7.64. The minimum absolute atomic E-state index is 0.180. The van der Waals surface area contributed by atoms with Crippen LogP contribution in [0.25, 0.3) is 0 Å². The number of hydrogen-bond acceptors (Lipinski definition) is 4. The van der Waals surface area contributed by atoms with Crippen molar-refractivity contribution in [1.82, 2.24) is 14.1 Å². The normalized spacial score (nSPS) is 22.2. The molecule has 1 aromatic rings. The van der Waals surface area contributed by atoms with Gasteiger partial charge >= 0.3 is 0 Å². The predicted molar refractivity (Wildman–Crippen MR) is 87.9 cm³/mol. The molecule has 1 aliphatic carbocycles. The Morgan fingerprint density at radius 2 is 2.04 bits per heavy atom. The van der Waals surface area contributed by atoms with Gasteiger partial charge in [-0.15, -0.1) is 0 Å². The molecular formula is C16H27N3O3S. The van der Waals surface area contributed by atoms with E-state index in [4.69, 9.17) is 4.74 Å². The first-order valence-corrected chi connectivity index (χ1v) is 10.1. The first-order chi connectivity index (χ1) is 10.9. The lowest BCUT2D eigenvalue weighted by atomic mass is 10.2. The van der Waals surface area contributed by atoms with Gasteiger partial charge in [0.25, 0.3) is 0 Å². The van der Waals surface area contributed by atoms with Crippen LogP contribution in [-0.4, -0.2) is 47.8 Å². The van der Waals surface area contributed by atoms with Crippen molar-refractivity contribution < 1.29 is 13.2 Å². The van der Waals surface area contributed by atoms with Crippen molar-refractivity contribution in [2.75, 3.05) is 13.2 Å². The molecule has 0 N–H and O–H groups in total. The van der Waals surface area contributed by atoms with E-state index in [1.807, 2.05) is 18.5 Å². The van der Waals surface area contributed by atoms with Crippen LogP contribution in [0, 0.1) is 13.8 Å². The second kappa shape index (κ2) is 6.53. The Kier molecular flexibility index (Phi) is 4.80. The van der Waals surface area contributed by atoms with Gasteiger partial charge in [-0.2, -0.15) is 9.40 Å². The van der Waals surface area contributed by atoms with Gasteiger partial charge in [-0.05, 0) is 46.0 Å². The van der Waals surface area contributed by atoms with Gasteiger partial charge in [0.2, 0.25) is 10.0 Å². The zero-order valence-electron chi connectivity index (χ0n) is 14.3. The van der Waals surface area contributed by atoms with Crippen LogP contribution in [0.2, 0.25) is 0 Å². The molecule has 2 fully saturated rings. The van der Waals surface area contributed by atoms with E-state index < -0.39 is 10.0 Å². The molecule has 23 heavy (non-hydrogen) atoms. The maximum absolute atomic E-state index is 13.0. The summed E-state index contributed by atoms with van der Waals surface area (Å²) >= 11 is 0. The highest BCUT2D eigenvalue weighted by atomic mass is 32.2. The van der Waals surface area contributed by atoms with Crippen LogP contribution >= 0.6 is 0 Å². The number of rotatable bonds is 7. The monoisotopic (exact) mass is 341 g/mol. The molecule has 1 aliphatic heterocycles. The lowest BCUT2D eigenvalue weighted by Crippen LogP contribution is -2.33. The molecule has 2 heterocycles. The van der Waals surface area contributed by atoms with E-state index in [1.54, 1.807) is 11.2 Å². The van der Waals surface area contributed by atoms with Gasteiger partial charge in [0.15, 0.2) is 0 Å². The van der Waals surface area contributed by atoms with Gasteiger partial charge in [-0.25, -0.2) is 8.42 Å². The molecule has 1 atom stereocenters. The summed E-state index contributed by atoms with van der Waals surface area (Å²) in [6, 6.07) is 0.180. The minimum atomic E-state index is -3.45. The molecular weight excluding hydrogens is 314 g/mol. The number of nitrogens with zero attached hydrogens (tertiary/aromatic N) is 3. The van der Waals surface area contributed by atoms with Crippen LogP contribution in [0.1, 0.15) is 50.4 Å². The highest BCUT2D eigenvalue weighted by Gasteiger charge is 2.39. The maximum Gasteiger partial charge on any atom is 0.246 e. The summed E-state index contributed by atoms with van der Waals surface area (Å²) in [5.41, 5.74) is 1.36. The SMILES string of the molecule is CCN(C1CC1)S(=O)(=O)c1c(C)nn(CCC2CCCO2)c1C. The third-order valence-corrected chi connectivity index (χ3v) is 7.11. The number of ether oxygens (including phenoxy) is 1. The molecule has 1 saturated heterocycles. The van der Waals surface area contributed by atoms with Gasteiger partial charge < -0.3 is 4.74 Å². The highest BCUT2D eigenvalue weighted by molar-refractivity contribution is 7.89. The first-order valence-electron chi connectivity index (χ1n) is 8.62. The average molecular weight is 341 g/mol. The fourth-order valence-electron chi connectivity index (χ4n) is 3.51. The van der Waals surface area contributed by atoms with E-state index in [9.17, 15) is 8.42 Å². The third kappa shape index (κ3) is 3.32. The highest BCUT2D eigenvalue weighted by Crippen LogP contribution is 2.33. The zero-order valence-corrected chi connectivity index (χ0v) is 15.1. The largest absolute Gasteiger partial charge is 0.378 e. The quantitative estimate of drug-likeness (QED) is 0.763. The van der Waals surface area contributed by atoms with Crippen LogP contribution in [0.3, 0.4) is 0 Å². The summed E-state index contributed by atoms with van der Waals surface area (Å²) in [7, 11) is -3.45. The van der Waals surface area contributed by atoms with E-state index in [-0.39, 0.29) is 12.1 Å². The van der Waals surface area contributed by atoms with Crippen molar-refractivity contribution in [2.45, 2.75) is 76.5 Å². The Balaban J connectivity index is 1.81. The molecule has 2 aliphatic rings. The second-order valence-corrected chi connectivity index (χ2v) is 8.41. The Morgan fingerprint density at radius 1 is 1.30 bits per heavy atom. The maximum atomic E-state index is 13.0. The zero-order chi connectivity index (χ0) is 16.6. The van der Waals surface area contributed by atoms with Gasteiger partial charge in [-0.1, -0.05) is 6.92 Å². The number of sulfonamides is 1. The van der Waals surface area contributed by atoms with E-state index in [0.29, 0.717) is 23.7 Å². The van der Waals surface area contributed by atoms with Crippen molar-refractivity contribution in [2.24, 2.45) is 0 Å². The smallest absolute Gasteiger partial charge is 0.246 e. The third-order valence-electron chi connectivity index (χ3n) is 4.83. The molecule has 0 amide bonds. The van der Waals surface area contributed by atoms with Crippen molar-refractivity contribution in [1.29, 1.82) is 0 Å². The topological polar surface area (TPSA) is 64.4 Å². The molecule has 1 saturated carbocycles. The Hall–Kier alpha value is -0.920. The van der Waals surface area contributed by atoms with E-state index in [0.717, 1.165) is 44.4 Å². The molecule has 3 rings (SSSR count). The van der Waals surface area contributed by atoms with E-state index in [1.165, 1.54) is 0 Å². The van der Waals surface area contributed by atoms with Gasteiger partial charge in [0, 0.05) is 25.7 Å². The number of hydrogen-bond donors (Lipinski definition) is 0. The standard InChI is InChI=1S/C16H27N3O3S/c1-4-19(14-7-8-14)23(20,21)16-12(2)17-18(13(16)3)10-9-15-6-5-11-22-15/h14-15H,4-11H2,1-3H3. The van der Waals surface area contributed by atoms with Crippen LogP contribution in [0.4, 0.5) is 0 Å². The molecule has 7 heteroatoms. The lowest BCUT2D eigenvalue weighted by molar-refractivity contribution is 0.0992. The molecule has 1 aromatic heterocycles. The van der Waals surface area contributed by atoms with Gasteiger partial charge in [0.1, 0.15) is 4.90 Å². The molecule has 0 aromatic carbocycles. The van der Waals surface area contributed by atoms with Crippen LogP contribution in [0.15, 0.2) is 4.90 Å². The molecule has 0 radical (unpaired) electrons. The Morgan fingerprint density at radius 3 is 2.61 bits per heavy atom. The predicted octanol–water partition coefficient (Wildman–Crippen LogP) is 2.24. The fraction of sp³-hybridized carbons (Fsp3) is 0.812. The molecule has 130 valence electrons. The summed E-state index contributed by atoms with van der Waals surface area (Å²) in [6.07, 6.45) is 5.33. The molecule has 0 bridgehead atoms. The van der Waals surface area contributed by atoms with Gasteiger partial charge in [0.05, 0.1) is 17.5 Å². The Labute approximate surface area is 138 Å². The van der Waals surface area contributed by atoms with Crippen molar-refractivity contribution in [3.05, 3.63) is 11.4 Å². The van der Waals surface area contributed by atoms with Crippen molar-refractivity contribution >= 4 is 10.0 Å². The summed E-state index contributed by atoms with van der Waals surface area (Å²) in [4.78, 5) is 0.401. The van der Waals surface area contributed by atoms with Crippen LogP contribution in [0.5, 0.6) is 0 Å². The van der Waals surface area contributed by atoms with E-state index in [2.05, 4.69) is 5.10 Å². The molecule has 6 nitrogen and oxygen atoms in total. The number of aromatic nitrogens is 2. The van der Waals surface area contributed by atoms with E-state index >= 15 is 0 Å². The van der Waals surface area contributed by atoms with Crippen LogP contribution < -0.4 is 0 Å². The van der Waals surface area contributed by atoms with Crippen molar-refractivity contribution in [3.63, 3.8) is 0 Å². The fourth-order valence-corrected chi connectivity index (χ4v) is 5.58. The summed E-state index contributed by atoms with van der Waals surface area (Å²) in [5.74, 6) is 0. The first kappa shape index (κ1) is 16.9. The summed E-state index contributed by atoms with van der Waals surface area (Å²) in [5, 5.41) is 4.49. The Bertz CT molecular complexity index is 658.